The van der Waals surface area contributed by atoms with E-state index in [-0.39, 0.29) is 5.82 Å². The Labute approximate surface area is 137 Å². The molecule has 1 aliphatic rings. The summed E-state index contributed by atoms with van der Waals surface area (Å²) in [5.41, 5.74) is 2.00. The fourth-order valence-electron chi connectivity index (χ4n) is 2.52. The van der Waals surface area contributed by atoms with Gasteiger partial charge in [0.25, 0.3) is 0 Å². The number of nitrogens with zero attached hydrogens (tertiary/aromatic N) is 1. The van der Waals surface area contributed by atoms with Crippen molar-refractivity contribution in [2.24, 2.45) is 0 Å². The van der Waals surface area contributed by atoms with Gasteiger partial charge >= 0.3 is 7.12 Å². The smallest absolute Gasteiger partial charge is 0.399 e. The van der Waals surface area contributed by atoms with Crippen LogP contribution in [0.2, 0.25) is 0 Å². The number of hydrogen-bond donors (Lipinski definition) is 0. The van der Waals surface area contributed by atoms with E-state index in [4.69, 9.17) is 9.31 Å². The molecule has 0 bridgehead atoms. The summed E-state index contributed by atoms with van der Waals surface area (Å²) in [6, 6.07) is 8.83. The van der Waals surface area contributed by atoms with Gasteiger partial charge in [-0.2, -0.15) is 0 Å². The fourth-order valence-corrected chi connectivity index (χ4v) is 2.52. The van der Waals surface area contributed by atoms with Gasteiger partial charge in [0.05, 0.1) is 11.2 Å². The van der Waals surface area contributed by atoms with E-state index in [9.17, 15) is 4.39 Å². The van der Waals surface area contributed by atoms with Crippen LogP contribution in [0.3, 0.4) is 0 Å². The van der Waals surface area contributed by atoms with E-state index in [1.165, 1.54) is 6.07 Å². The van der Waals surface area contributed by atoms with Crippen LogP contribution in [-0.4, -0.2) is 23.3 Å². The number of hydrogen-bond acceptors (Lipinski definition) is 3. The quantitative estimate of drug-likeness (QED) is 0.795. The second-order valence-corrected chi connectivity index (χ2v) is 7.02. The van der Waals surface area contributed by atoms with Crippen LogP contribution in [0.1, 0.15) is 33.4 Å². The predicted octanol–water partition coefficient (Wildman–Crippen LogP) is 3.50. The zero-order valence-electron chi connectivity index (χ0n) is 14.2. The Morgan fingerprint density at radius 1 is 1.00 bits per heavy atom. The fraction of sp³-hybridized carbons (Fsp3) is 0.389. The van der Waals surface area contributed by atoms with Gasteiger partial charge < -0.3 is 9.31 Å². The van der Waals surface area contributed by atoms with E-state index in [0.717, 1.165) is 11.3 Å². The highest BCUT2D eigenvalue weighted by Crippen LogP contribution is 2.36. The first-order valence-electron chi connectivity index (χ1n) is 7.78. The molecular formula is C18H21BFNO2. The van der Waals surface area contributed by atoms with Crippen LogP contribution >= 0.6 is 0 Å². The minimum atomic E-state index is -0.556. The molecule has 0 amide bonds. The average molecular weight is 313 g/mol. The van der Waals surface area contributed by atoms with Gasteiger partial charge in [0.2, 0.25) is 0 Å². The average Bonchev–Trinajstić information content (AvgIpc) is 2.68. The third kappa shape index (κ3) is 2.91. The van der Waals surface area contributed by atoms with Crippen LogP contribution < -0.4 is 5.46 Å². The zero-order valence-corrected chi connectivity index (χ0v) is 14.2. The van der Waals surface area contributed by atoms with Crippen molar-refractivity contribution in [3.63, 3.8) is 0 Å². The summed E-state index contributed by atoms with van der Waals surface area (Å²) in [5.74, 6) is -0.303. The molecule has 0 aliphatic carbocycles. The first-order chi connectivity index (χ1) is 10.7. The minimum absolute atomic E-state index is 0.303. The Morgan fingerprint density at radius 3 is 2.17 bits per heavy atom. The Kier molecular flexibility index (Phi) is 3.81. The molecule has 120 valence electrons. The molecule has 0 atom stereocenters. The van der Waals surface area contributed by atoms with Gasteiger partial charge in [0.15, 0.2) is 0 Å². The lowest BCUT2D eigenvalue weighted by atomic mass is 9.78. The van der Waals surface area contributed by atoms with Crippen molar-refractivity contribution >= 4 is 12.6 Å². The first-order valence-corrected chi connectivity index (χ1v) is 7.78. The molecular weight excluding hydrogens is 292 g/mol. The standard InChI is InChI=1S/C18H21BFNO2/c1-12-6-7-13(11-21-12)15-9-8-14(10-16(15)20)19-22-17(2,3)18(4,5)23-19/h6-11H,1-5H3. The van der Waals surface area contributed by atoms with Crippen LogP contribution in [0.5, 0.6) is 0 Å². The maximum atomic E-state index is 14.5. The molecule has 0 radical (unpaired) electrons. The number of aryl methyl sites for hydroxylation is 1. The molecule has 5 heteroatoms. The Bertz CT molecular complexity index is 712. The van der Waals surface area contributed by atoms with E-state index < -0.39 is 18.3 Å². The number of rotatable bonds is 2. The molecule has 23 heavy (non-hydrogen) atoms. The molecule has 1 aromatic heterocycles. The lowest BCUT2D eigenvalue weighted by molar-refractivity contribution is 0.00578. The SMILES string of the molecule is Cc1ccc(-c2ccc(B3OC(C)(C)C(C)(C)O3)cc2F)cn1. The topological polar surface area (TPSA) is 31.4 Å². The van der Waals surface area contributed by atoms with Crippen molar-refractivity contribution < 1.29 is 13.7 Å². The second kappa shape index (κ2) is 5.43. The van der Waals surface area contributed by atoms with E-state index in [0.29, 0.717) is 11.0 Å². The summed E-state index contributed by atoms with van der Waals surface area (Å²) in [5, 5.41) is 0. The van der Waals surface area contributed by atoms with Crippen molar-refractivity contribution in [3.8, 4) is 11.1 Å². The summed E-state index contributed by atoms with van der Waals surface area (Å²) in [7, 11) is -0.556. The summed E-state index contributed by atoms with van der Waals surface area (Å²) in [6.45, 7) is 9.83. The molecule has 1 aromatic carbocycles. The highest BCUT2D eigenvalue weighted by molar-refractivity contribution is 6.62. The van der Waals surface area contributed by atoms with Gasteiger partial charge in [-0.15, -0.1) is 0 Å². The van der Waals surface area contributed by atoms with E-state index in [1.54, 1.807) is 12.3 Å². The third-order valence-electron chi connectivity index (χ3n) is 4.74. The maximum absolute atomic E-state index is 14.5. The highest BCUT2D eigenvalue weighted by Gasteiger charge is 2.51. The third-order valence-corrected chi connectivity index (χ3v) is 4.74. The molecule has 1 fully saturated rings. The maximum Gasteiger partial charge on any atom is 0.494 e. The Morgan fingerprint density at radius 2 is 1.65 bits per heavy atom. The predicted molar refractivity (Wildman–Crippen MR) is 90.1 cm³/mol. The second-order valence-electron chi connectivity index (χ2n) is 7.02. The van der Waals surface area contributed by atoms with Gasteiger partial charge in [0.1, 0.15) is 5.82 Å². The Balaban J connectivity index is 1.90. The van der Waals surface area contributed by atoms with Gasteiger partial charge in [0, 0.05) is 23.0 Å². The molecule has 3 nitrogen and oxygen atoms in total. The molecule has 1 saturated heterocycles. The number of pyridine rings is 1. The largest absolute Gasteiger partial charge is 0.494 e. The van der Waals surface area contributed by atoms with Crippen molar-refractivity contribution in [3.05, 3.63) is 48.0 Å². The summed E-state index contributed by atoms with van der Waals surface area (Å²) in [6.07, 6.45) is 1.68. The van der Waals surface area contributed by atoms with Gasteiger partial charge in [-0.05, 0) is 52.2 Å². The number of benzene rings is 1. The van der Waals surface area contributed by atoms with Crippen molar-refractivity contribution in [2.75, 3.05) is 0 Å². The van der Waals surface area contributed by atoms with E-state index >= 15 is 0 Å². The van der Waals surface area contributed by atoms with E-state index in [2.05, 4.69) is 4.98 Å². The normalized spacial score (nSPS) is 19.1. The summed E-state index contributed by atoms with van der Waals surface area (Å²) < 4.78 is 26.5. The first kappa shape index (κ1) is 16.2. The monoisotopic (exact) mass is 313 g/mol. The molecule has 1 aliphatic heterocycles. The number of aromatic nitrogens is 1. The van der Waals surface area contributed by atoms with Gasteiger partial charge in [-0.25, -0.2) is 4.39 Å². The molecule has 0 spiro atoms. The number of halogens is 1. The molecule has 2 heterocycles. The van der Waals surface area contributed by atoms with Crippen LogP contribution in [0.25, 0.3) is 11.1 Å². The molecule has 0 saturated carbocycles. The zero-order chi connectivity index (χ0) is 16.8. The summed E-state index contributed by atoms with van der Waals surface area (Å²) >= 11 is 0. The van der Waals surface area contributed by atoms with Crippen LogP contribution in [0, 0.1) is 12.7 Å². The van der Waals surface area contributed by atoms with Crippen LogP contribution in [0.4, 0.5) is 4.39 Å². The molecule has 0 N–H and O–H groups in total. The molecule has 0 unspecified atom stereocenters. The van der Waals surface area contributed by atoms with Crippen LogP contribution in [-0.2, 0) is 9.31 Å². The summed E-state index contributed by atoms with van der Waals surface area (Å²) in [4.78, 5) is 4.22. The lowest BCUT2D eigenvalue weighted by Gasteiger charge is -2.32. The highest BCUT2D eigenvalue weighted by atomic mass is 19.1. The van der Waals surface area contributed by atoms with E-state index in [1.807, 2.05) is 52.8 Å². The van der Waals surface area contributed by atoms with Crippen molar-refractivity contribution in [2.45, 2.75) is 45.8 Å². The lowest BCUT2D eigenvalue weighted by Crippen LogP contribution is -2.41. The Hall–Kier alpha value is -1.72. The molecule has 2 aromatic rings. The molecule has 3 rings (SSSR count). The van der Waals surface area contributed by atoms with Crippen molar-refractivity contribution in [1.82, 2.24) is 4.98 Å². The van der Waals surface area contributed by atoms with Gasteiger partial charge in [-0.3, -0.25) is 4.98 Å². The van der Waals surface area contributed by atoms with Gasteiger partial charge in [-0.1, -0.05) is 18.2 Å². The minimum Gasteiger partial charge on any atom is -0.399 e. The van der Waals surface area contributed by atoms with Crippen LogP contribution in [0.15, 0.2) is 36.5 Å². The van der Waals surface area contributed by atoms with Crippen molar-refractivity contribution in [1.29, 1.82) is 0 Å².